The van der Waals surface area contributed by atoms with Crippen molar-refractivity contribution in [3.05, 3.63) is 44.9 Å². The zero-order chi connectivity index (χ0) is 17.0. The van der Waals surface area contributed by atoms with E-state index >= 15 is 0 Å². The molecule has 0 spiro atoms. The maximum absolute atomic E-state index is 12.2. The van der Waals surface area contributed by atoms with Gasteiger partial charge >= 0.3 is 0 Å². The molecule has 2 amide bonds. The fourth-order valence-electron chi connectivity index (χ4n) is 1.67. The van der Waals surface area contributed by atoms with Gasteiger partial charge in [-0.2, -0.15) is 0 Å². The van der Waals surface area contributed by atoms with Crippen LogP contribution in [0.2, 0.25) is 10.0 Å². The van der Waals surface area contributed by atoms with Gasteiger partial charge in [-0.25, -0.2) is 4.98 Å². The molecular weight excluding hydrogens is 357 g/mol. The molecule has 0 aliphatic carbocycles. The van der Waals surface area contributed by atoms with Crippen molar-refractivity contribution in [3.8, 4) is 0 Å². The lowest BCUT2D eigenvalue weighted by molar-refractivity contribution is 0.0933. The number of halogens is 2. The fraction of sp³-hybridized carbons (Fsp3) is 0.267. The summed E-state index contributed by atoms with van der Waals surface area (Å²) in [5, 5.41) is 8.06. The van der Waals surface area contributed by atoms with Gasteiger partial charge in [0.15, 0.2) is 5.13 Å². The molecule has 0 aliphatic heterocycles. The van der Waals surface area contributed by atoms with E-state index in [1.54, 1.807) is 11.4 Å². The zero-order valence-electron chi connectivity index (χ0n) is 12.5. The Balaban J connectivity index is 2.06. The second kappa shape index (κ2) is 7.77. The highest BCUT2D eigenvalue weighted by Gasteiger charge is 2.16. The molecule has 0 saturated carbocycles. The number of hydrogen-bond donors (Lipinski definition) is 2. The summed E-state index contributed by atoms with van der Waals surface area (Å²) in [6.45, 7) is 3.89. The summed E-state index contributed by atoms with van der Waals surface area (Å²) >= 11 is 13.0. The number of rotatable bonds is 5. The Morgan fingerprint density at radius 1 is 1.30 bits per heavy atom. The Hall–Kier alpha value is -1.63. The quantitative estimate of drug-likeness (QED) is 0.825. The van der Waals surface area contributed by atoms with Gasteiger partial charge in [0, 0.05) is 16.4 Å². The van der Waals surface area contributed by atoms with Gasteiger partial charge in [0.2, 0.25) is 0 Å². The maximum Gasteiger partial charge on any atom is 0.271 e. The van der Waals surface area contributed by atoms with Crippen LogP contribution in [0.15, 0.2) is 23.6 Å². The number of carbonyl (C=O) groups excluding carboxylic acids is 2. The van der Waals surface area contributed by atoms with E-state index in [0.29, 0.717) is 10.2 Å². The molecular formula is C15H15Cl2N3O2S. The van der Waals surface area contributed by atoms with Crippen LogP contribution < -0.4 is 10.6 Å². The lowest BCUT2D eigenvalue weighted by atomic mass is 10.2. The van der Waals surface area contributed by atoms with E-state index in [0.717, 1.165) is 6.42 Å². The third kappa shape index (κ3) is 4.67. The first-order valence-electron chi connectivity index (χ1n) is 6.93. The van der Waals surface area contributed by atoms with E-state index in [1.807, 2.05) is 13.8 Å². The number of nitrogens with zero attached hydrogens (tertiary/aromatic N) is 1. The summed E-state index contributed by atoms with van der Waals surface area (Å²) in [4.78, 5) is 28.3. The number of thiazole rings is 1. The molecule has 2 aromatic rings. The van der Waals surface area contributed by atoms with E-state index in [9.17, 15) is 9.59 Å². The predicted octanol–water partition coefficient (Wildman–Crippen LogP) is 4.23. The molecule has 1 unspecified atom stereocenters. The Labute approximate surface area is 148 Å². The van der Waals surface area contributed by atoms with Gasteiger partial charge in [-0.05, 0) is 31.5 Å². The summed E-state index contributed by atoms with van der Waals surface area (Å²) in [6.07, 6.45) is 0.828. The molecule has 0 aliphatic rings. The van der Waals surface area contributed by atoms with Crippen LogP contribution in [0.3, 0.4) is 0 Å². The average Bonchev–Trinajstić information content (AvgIpc) is 2.95. The van der Waals surface area contributed by atoms with E-state index in [4.69, 9.17) is 23.2 Å². The number of aromatic nitrogens is 1. The van der Waals surface area contributed by atoms with Gasteiger partial charge in [-0.1, -0.05) is 30.1 Å². The molecule has 2 rings (SSSR count). The van der Waals surface area contributed by atoms with Crippen LogP contribution in [0, 0.1) is 0 Å². The number of nitrogens with one attached hydrogen (secondary N) is 2. The Morgan fingerprint density at radius 2 is 2.04 bits per heavy atom. The molecule has 122 valence electrons. The molecule has 2 N–H and O–H groups in total. The normalized spacial score (nSPS) is 11.8. The van der Waals surface area contributed by atoms with Gasteiger partial charge in [0.05, 0.1) is 10.6 Å². The summed E-state index contributed by atoms with van der Waals surface area (Å²) in [6, 6.07) is 4.67. The highest BCUT2D eigenvalue weighted by molar-refractivity contribution is 7.14. The van der Waals surface area contributed by atoms with Gasteiger partial charge in [-0.15, -0.1) is 11.3 Å². The largest absolute Gasteiger partial charge is 0.348 e. The van der Waals surface area contributed by atoms with Gasteiger partial charge in [0.25, 0.3) is 11.8 Å². The first-order chi connectivity index (χ1) is 10.9. The average molecular weight is 372 g/mol. The molecule has 23 heavy (non-hydrogen) atoms. The van der Waals surface area contributed by atoms with Crippen LogP contribution in [0.5, 0.6) is 0 Å². The molecule has 0 radical (unpaired) electrons. The predicted molar refractivity (Wildman–Crippen MR) is 93.7 cm³/mol. The number of benzene rings is 1. The van der Waals surface area contributed by atoms with Crippen LogP contribution in [-0.2, 0) is 0 Å². The summed E-state index contributed by atoms with van der Waals surface area (Å²) in [5.74, 6) is -0.671. The maximum atomic E-state index is 12.2. The number of carbonyl (C=O) groups is 2. The Kier molecular flexibility index (Phi) is 5.98. The molecule has 0 saturated heterocycles. The van der Waals surface area contributed by atoms with E-state index in [1.165, 1.54) is 23.5 Å². The van der Waals surface area contributed by atoms with E-state index in [2.05, 4.69) is 15.6 Å². The van der Waals surface area contributed by atoms with Crippen LogP contribution >= 0.6 is 34.5 Å². The second-order valence-electron chi connectivity index (χ2n) is 4.90. The van der Waals surface area contributed by atoms with Crippen LogP contribution in [0.25, 0.3) is 0 Å². The van der Waals surface area contributed by atoms with Crippen LogP contribution in [-0.4, -0.2) is 22.8 Å². The third-order valence-electron chi connectivity index (χ3n) is 3.12. The van der Waals surface area contributed by atoms with Crippen molar-refractivity contribution in [3.63, 3.8) is 0 Å². The molecule has 1 aromatic heterocycles. The zero-order valence-corrected chi connectivity index (χ0v) is 14.9. The minimum Gasteiger partial charge on any atom is -0.348 e. The van der Waals surface area contributed by atoms with Crippen LogP contribution in [0.1, 0.15) is 41.1 Å². The standard InChI is InChI=1S/C15H15Cl2N3O2S/c1-3-8(2)18-14(22)12-7-23-15(19-12)20-13(21)10-5-4-9(16)6-11(10)17/h4-8H,3H2,1-2H3,(H,18,22)(H,19,20,21). The minimum atomic E-state index is -0.407. The molecule has 1 atom stereocenters. The molecule has 5 nitrogen and oxygen atoms in total. The van der Waals surface area contributed by atoms with Crippen molar-refractivity contribution in [2.75, 3.05) is 5.32 Å². The highest BCUT2D eigenvalue weighted by Crippen LogP contribution is 2.23. The summed E-state index contributed by atoms with van der Waals surface area (Å²) in [5.41, 5.74) is 0.560. The SMILES string of the molecule is CCC(C)NC(=O)c1csc(NC(=O)c2ccc(Cl)cc2Cl)n1. The van der Waals surface area contributed by atoms with Crippen LogP contribution in [0.4, 0.5) is 5.13 Å². The first kappa shape index (κ1) is 17.7. The monoisotopic (exact) mass is 371 g/mol. The highest BCUT2D eigenvalue weighted by atomic mass is 35.5. The van der Waals surface area contributed by atoms with Crippen molar-refractivity contribution < 1.29 is 9.59 Å². The smallest absolute Gasteiger partial charge is 0.271 e. The van der Waals surface area contributed by atoms with Crippen molar-refractivity contribution in [1.29, 1.82) is 0 Å². The summed E-state index contributed by atoms with van der Waals surface area (Å²) < 4.78 is 0. The number of amides is 2. The van der Waals surface area contributed by atoms with Gasteiger partial charge in [0.1, 0.15) is 5.69 Å². The molecule has 8 heteroatoms. The topological polar surface area (TPSA) is 71.1 Å². The Bertz CT molecular complexity index is 733. The van der Waals surface area contributed by atoms with Gasteiger partial charge in [-0.3, -0.25) is 14.9 Å². The lowest BCUT2D eigenvalue weighted by Gasteiger charge is -2.09. The number of hydrogen-bond acceptors (Lipinski definition) is 4. The third-order valence-corrected chi connectivity index (χ3v) is 4.43. The van der Waals surface area contributed by atoms with Crippen molar-refractivity contribution in [1.82, 2.24) is 10.3 Å². The molecule has 0 bridgehead atoms. The number of anilines is 1. The molecule has 0 fully saturated rings. The van der Waals surface area contributed by atoms with Gasteiger partial charge < -0.3 is 5.32 Å². The van der Waals surface area contributed by atoms with Crippen molar-refractivity contribution >= 4 is 51.5 Å². The summed E-state index contributed by atoms with van der Waals surface area (Å²) in [7, 11) is 0. The second-order valence-corrected chi connectivity index (χ2v) is 6.60. The molecule has 1 aromatic carbocycles. The fourth-order valence-corrected chi connectivity index (χ4v) is 2.85. The first-order valence-corrected chi connectivity index (χ1v) is 8.57. The minimum absolute atomic E-state index is 0.0649. The van der Waals surface area contributed by atoms with Crippen molar-refractivity contribution in [2.24, 2.45) is 0 Å². The van der Waals surface area contributed by atoms with Crippen molar-refractivity contribution in [2.45, 2.75) is 26.3 Å². The van der Waals surface area contributed by atoms with E-state index in [-0.39, 0.29) is 28.2 Å². The Morgan fingerprint density at radius 3 is 2.70 bits per heavy atom. The molecule has 1 heterocycles. The lowest BCUT2D eigenvalue weighted by Crippen LogP contribution is -2.32. The van der Waals surface area contributed by atoms with E-state index < -0.39 is 5.91 Å².